The maximum absolute atomic E-state index is 15.0. The Morgan fingerprint density at radius 3 is 2.67 bits per heavy atom. The molecule has 1 aliphatic heterocycles. The normalized spacial score (nSPS) is 15.6. The summed E-state index contributed by atoms with van der Waals surface area (Å²) in [5.41, 5.74) is 5.68. The summed E-state index contributed by atoms with van der Waals surface area (Å²) in [5.74, 6) is -1.02. The Morgan fingerprint density at radius 1 is 1.27 bits per heavy atom. The summed E-state index contributed by atoms with van der Waals surface area (Å²) in [5, 5.41) is 3.94. The van der Waals surface area contributed by atoms with E-state index in [9.17, 15) is 18.8 Å². The second kappa shape index (κ2) is 12.4. The fourth-order valence-electron chi connectivity index (χ4n) is 5.95. The lowest BCUT2D eigenvalue weighted by Crippen LogP contribution is -2.34. The van der Waals surface area contributed by atoms with Gasteiger partial charge in [-0.1, -0.05) is 20.8 Å². The highest BCUT2D eigenvalue weighted by atomic mass is 19.1. The molecule has 2 aliphatic rings. The van der Waals surface area contributed by atoms with Gasteiger partial charge in [0.05, 0.1) is 36.1 Å². The number of ether oxygens (including phenoxy) is 2. The van der Waals surface area contributed by atoms with Gasteiger partial charge >= 0.3 is 0 Å². The van der Waals surface area contributed by atoms with Crippen LogP contribution in [0.2, 0.25) is 0 Å². The number of aldehydes is 1. The molecule has 214 valence electrons. The third-order valence-corrected chi connectivity index (χ3v) is 7.83. The number of amides is 1. The summed E-state index contributed by atoms with van der Waals surface area (Å²) in [6.07, 6.45) is 2.58. The van der Waals surface area contributed by atoms with Crippen LogP contribution in [0, 0.1) is 12.7 Å². The van der Waals surface area contributed by atoms with Crippen LogP contribution in [-0.2, 0) is 38.6 Å². The Balaban J connectivity index is 0.00000181. The van der Waals surface area contributed by atoms with Crippen LogP contribution in [0.5, 0.6) is 0 Å². The van der Waals surface area contributed by atoms with Gasteiger partial charge in [-0.2, -0.15) is 0 Å². The van der Waals surface area contributed by atoms with Gasteiger partial charge in [0.1, 0.15) is 18.7 Å². The molecule has 9 heteroatoms. The van der Waals surface area contributed by atoms with Crippen molar-refractivity contribution in [2.75, 3.05) is 20.3 Å². The Hall–Kier alpha value is -3.43. The number of aromatic nitrogens is 2. The molecule has 0 bridgehead atoms. The fraction of sp³-hybridized carbons (Fsp3) is 0.484. The number of rotatable bonds is 9. The average molecular weight is 552 g/mol. The van der Waals surface area contributed by atoms with Gasteiger partial charge in [-0.05, 0) is 61.4 Å². The van der Waals surface area contributed by atoms with Crippen LogP contribution in [0.15, 0.2) is 16.9 Å². The number of aryl methyl sites for hydroxylation is 1. The zero-order chi connectivity index (χ0) is 29.1. The molecule has 0 saturated carbocycles. The van der Waals surface area contributed by atoms with E-state index >= 15 is 0 Å². The zero-order valence-corrected chi connectivity index (χ0v) is 24.2. The number of hydrogen-bond donors (Lipinski definition) is 1. The molecule has 40 heavy (non-hydrogen) atoms. The lowest BCUT2D eigenvalue weighted by atomic mass is 9.81. The summed E-state index contributed by atoms with van der Waals surface area (Å²) >= 11 is 0. The van der Waals surface area contributed by atoms with Crippen LogP contribution in [0.25, 0.3) is 22.3 Å². The Labute approximate surface area is 233 Å². The van der Waals surface area contributed by atoms with E-state index < -0.39 is 5.92 Å². The summed E-state index contributed by atoms with van der Waals surface area (Å²) in [6.45, 7) is 10.2. The molecule has 3 aromatic rings. The van der Waals surface area contributed by atoms with E-state index in [4.69, 9.17) is 14.5 Å². The van der Waals surface area contributed by atoms with Crippen molar-refractivity contribution in [3.05, 3.63) is 61.7 Å². The summed E-state index contributed by atoms with van der Waals surface area (Å²) in [6, 6.07) is 2.96. The third-order valence-electron chi connectivity index (χ3n) is 7.83. The van der Waals surface area contributed by atoms with Gasteiger partial charge in [0.2, 0.25) is 5.91 Å². The summed E-state index contributed by atoms with van der Waals surface area (Å²) in [7, 11) is 1.52. The predicted octanol–water partition coefficient (Wildman–Crippen LogP) is 4.88. The molecule has 0 fully saturated rings. The number of carbonyl (C=O) groups is 2. The molecule has 1 aromatic carbocycles. The second-order valence-electron chi connectivity index (χ2n) is 9.94. The molecule has 1 amide bonds. The molecule has 0 radical (unpaired) electrons. The third kappa shape index (κ3) is 4.97. The second-order valence-corrected chi connectivity index (χ2v) is 9.94. The van der Waals surface area contributed by atoms with Crippen molar-refractivity contribution in [3.63, 3.8) is 0 Å². The van der Waals surface area contributed by atoms with E-state index in [1.807, 2.05) is 33.8 Å². The van der Waals surface area contributed by atoms with Gasteiger partial charge in [0.25, 0.3) is 5.56 Å². The molecule has 8 nitrogen and oxygen atoms in total. The molecule has 1 N–H and O–H groups in total. The van der Waals surface area contributed by atoms with Crippen LogP contribution < -0.4 is 10.9 Å². The number of nitrogens with one attached hydrogen (secondary N) is 1. The molecule has 0 spiro atoms. The lowest BCUT2D eigenvalue weighted by molar-refractivity contribution is -0.126. The van der Waals surface area contributed by atoms with Crippen molar-refractivity contribution >= 4 is 23.1 Å². The van der Waals surface area contributed by atoms with E-state index in [0.717, 1.165) is 28.4 Å². The standard InChI is InChI=1S/C29H32FN3O5.C2H6/c1-5-16(12-34)18-9-24-28-19(11-33(24)29(36)20(18)13-37-4)27-22(31-25(35)14-38-6-2)8-7-17-15(3)21(30)10-23(32-28)26(17)27;1-2/h9-10,12,16,22H,5-8,11,13-14H2,1-4H3,(H,31,35);1-2H3. The molecule has 3 heterocycles. The van der Waals surface area contributed by atoms with Crippen molar-refractivity contribution in [1.29, 1.82) is 0 Å². The van der Waals surface area contributed by atoms with Crippen LogP contribution in [0.4, 0.5) is 4.39 Å². The molecular formula is C31H38FN3O5. The highest BCUT2D eigenvalue weighted by Crippen LogP contribution is 2.45. The fourth-order valence-corrected chi connectivity index (χ4v) is 5.95. The summed E-state index contributed by atoms with van der Waals surface area (Å²) in [4.78, 5) is 43.2. The average Bonchev–Trinajstić information content (AvgIpc) is 3.33. The van der Waals surface area contributed by atoms with Crippen molar-refractivity contribution in [1.82, 2.24) is 14.9 Å². The Kier molecular flexibility index (Phi) is 9.15. The van der Waals surface area contributed by atoms with Crippen LogP contribution in [0.3, 0.4) is 0 Å². The van der Waals surface area contributed by atoms with Crippen molar-refractivity contribution in [2.45, 2.75) is 79.0 Å². The van der Waals surface area contributed by atoms with Crippen LogP contribution in [-0.4, -0.2) is 42.1 Å². The minimum absolute atomic E-state index is 0.0494. The maximum atomic E-state index is 15.0. The number of benzene rings is 1. The monoisotopic (exact) mass is 551 g/mol. The van der Waals surface area contributed by atoms with Crippen molar-refractivity contribution in [2.24, 2.45) is 0 Å². The van der Waals surface area contributed by atoms with E-state index in [-0.39, 0.29) is 43.1 Å². The Bertz CT molecular complexity index is 1510. The Morgan fingerprint density at radius 2 is 2.02 bits per heavy atom. The highest BCUT2D eigenvalue weighted by Gasteiger charge is 2.35. The number of fused-ring (bicyclic) bond motifs is 4. The largest absolute Gasteiger partial charge is 0.380 e. The van der Waals surface area contributed by atoms with E-state index in [1.54, 1.807) is 11.5 Å². The van der Waals surface area contributed by atoms with Gasteiger partial charge < -0.3 is 24.2 Å². The van der Waals surface area contributed by atoms with Gasteiger partial charge in [-0.15, -0.1) is 0 Å². The van der Waals surface area contributed by atoms with Crippen LogP contribution >= 0.6 is 0 Å². The predicted molar refractivity (Wildman–Crippen MR) is 152 cm³/mol. The highest BCUT2D eigenvalue weighted by molar-refractivity contribution is 5.93. The number of carbonyl (C=O) groups excluding carboxylic acids is 2. The molecular weight excluding hydrogens is 513 g/mol. The van der Waals surface area contributed by atoms with Crippen LogP contribution in [0.1, 0.15) is 85.9 Å². The van der Waals surface area contributed by atoms with E-state index in [1.165, 1.54) is 13.2 Å². The number of halogens is 1. The molecule has 2 atom stereocenters. The number of pyridine rings is 2. The first kappa shape index (κ1) is 29.6. The lowest BCUT2D eigenvalue weighted by Gasteiger charge is -2.29. The maximum Gasteiger partial charge on any atom is 0.257 e. The van der Waals surface area contributed by atoms with Gasteiger partial charge in [-0.3, -0.25) is 9.59 Å². The first-order valence-corrected chi connectivity index (χ1v) is 14.1. The molecule has 2 aromatic heterocycles. The van der Waals surface area contributed by atoms with Gasteiger partial charge in [0.15, 0.2) is 0 Å². The van der Waals surface area contributed by atoms with E-state index in [0.29, 0.717) is 59.5 Å². The minimum atomic E-state index is -0.459. The molecule has 5 rings (SSSR count). The SMILES string of the molecule is CC.CCOCC(=O)NC1CCc2c(C)c(F)cc3nc4c(c1c23)Cn1c-4cc(C(C=O)CC)c(COC)c1=O. The van der Waals surface area contributed by atoms with E-state index in [2.05, 4.69) is 5.32 Å². The van der Waals surface area contributed by atoms with Crippen molar-refractivity contribution < 1.29 is 23.5 Å². The minimum Gasteiger partial charge on any atom is -0.380 e. The number of nitrogens with zero attached hydrogens (tertiary/aromatic N) is 2. The van der Waals surface area contributed by atoms with Gasteiger partial charge in [0, 0.05) is 42.2 Å². The first-order valence-electron chi connectivity index (χ1n) is 14.1. The van der Waals surface area contributed by atoms with Gasteiger partial charge in [-0.25, -0.2) is 9.37 Å². The molecule has 2 unspecified atom stereocenters. The topological polar surface area (TPSA) is 99.5 Å². The smallest absolute Gasteiger partial charge is 0.257 e. The quantitative estimate of drug-likeness (QED) is 0.298. The van der Waals surface area contributed by atoms with Crippen molar-refractivity contribution in [3.8, 4) is 11.4 Å². The first-order chi connectivity index (χ1) is 19.3. The summed E-state index contributed by atoms with van der Waals surface area (Å²) < 4.78 is 27.3. The number of methoxy groups -OCH3 is 1. The zero-order valence-electron chi connectivity index (χ0n) is 24.2. The molecule has 1 aliphatic carbocycles. The molecule has 0 saturated heterocycles. The number of hydrogen-bond acceptors (Lipinski definition) is 6.